The van der Waals surface area contributed by atoms with Crippen molar-refractivity contribution in [1.29, 1.82) is 0 Å². The third-order valence-electron chi connectivity index (χ3n) is 3.10. The fourth-order valence-electron chi connectivity index (χ4n) is 2.06. The minimum atomic E-state index is -0.725. The van der Waals surface area contributed by atoms with E-state index in [1.54, 1.807) is 12.1 Å². The topological polar surface area (TPSA) is 89.4 Å². The summed E-state index contributed by atoms with van der Waals surface area (Å²) in [5.74, 6) is -1.55. The second-order valence-electron chi connectivity index (χ2n) is 4.83. The summed E-state index contributed by atoms with van der Waals surface area (Å²) in [6.45, 7) is 2.35. The Balaban J connectivity index is 3.01. The highest BCUT2D eigenvalue weighted by Crippen LogP contribution is 2.19. The number of unbranched alkanes of at least 4 members (excludes halogenated alkanes) is 1. The van der Waals surface area contributed by atoms with Gasteiger partial charge >= 0.3 is 0 Å². The molecule has 0 aliphatic rings. The molecule has 0 fully saturated rings. The van der Waals surface area contributed by atoms with Crippen LogP contribution in [0.2, 0.25) is 0 Å². The molecule has 1 rings (SSSR count). The standard InChI is InChI=1S/C15H21N3O2S/c1-2-3-9-18(10-12(16)19)15(20)13(14(17)21)11-7-5-4-6-8-11/h4-8,13H,2-3,9-10H2,1H3,(H2,16,19)(H2,17,21). The first kappa shape index (κ1) is 17.1. The number of thiocarbonyl (C=S) groups is 1. The van der Waals surface area contributed by atoms with E-state index in [0.29, 0.717) is 6.54 Å². The van der Waals surface area contributed by atoms with Crippen LogP contribution in [-0.2, 0) is 9.59 Å². The second kappa shape index (κ2) is 8.36. The number of benzene rings is 1. The Morgan fingerprint density at radius 3 is 2.33 bits per heavy atom. The Labute approximate surface area is 130 Å². The van der Waals surface area contributed by atoms with Crippen molar-refractivity contribution in [3.8, 4) is 0 Å². The fourth-order valence-corrected chi connectivity index (χ4v) is 2.30. The molecule has 0 aliphatic carbocycles. The van der Waals surface area contributed by atoms with Crippen molar-refractivity contribution in [3.63, 3.8) is 0 Å². The maximum atomic E-state index is 12.7. The number of amides is 2. The molecule has 5 nitrogen and oxygen atoms in total. The Kier molecular flexibility index (Phi) is 6.81. The highest BCUT2D eigenvalue weighted by Gasteiger charge is 2.28. The summed E-state index contributed by atoms with van der Waals surface area (Å²) in [5.41, 5.74) is 11.7. The first-order valence-corrected chi connectivity index (χ1v) is 7.29. The van der Waals surface area contributed by atoms with E-state index in [9.17, 15) is 9.59 Å². The molecule has 1 atom stereocenters. The molecule has 0 spiro atoms. The van der Waals surface area contributed by atoms with E-state index in [-0.39, 0.29) is 17.4 Å². The molecule has 21 heavy (non-hydrogen) atoms. The van der Waals surface area contributed by atoms with Gasteiger partial charge in [-0.1, -0.05) is 55.9 Å². The van der Waals surface area contributed by atoms with Crippen LogP contribution in [0.5, 0.6) is 0 Å². The van der Waals surface area contributed by atoms with Crippen LogP contribution in [0.25, 0.3) is 0 Å². The molecule has 4 N–H and O–H groups in total. The quantitative estimate of drug-likeness (QED) is 0.706. The minimum absolute atomic E-state index is 0.0946. The van der Waals surface area contributed by atoms with Gasteiger partial charge in [0.15, 0.2) is 0 Å². The lowest BCUT2D eigenvalue weighted by molar-refractivity contribution is -0.135. The van der Waals surface area contributed by atoms with Crippen LogP contribution in [0.3, 0.4) is 0 Å². The zero-order chi connectivity index (χ0) is 15.8. The molecule has 1 unspecified atom stereocenters. The third kappa shape index (κ3) is 5.15. The lowest BCUT2D eigenvalue weighted by Gasteiger charge is -2.26. The van der Waals surface area contributed by atoms with E-state index in [1.165, 1.54) is 4.90 Å². The summed E-state index contributed by atoms with van der Waals surface area (Å²) < 4.78 is 0. The van der Waals surface area contributed by atoms with Gasteiger partial charge in [0.1, 0.15) is 5.92 Å². The van der Waals surface area contributed by atoms with Crippen molar-refractivity contribution >= 4 is 29.0 Å². The SMILES string of the molecule is CCCCN(CC(N)=O)C(=O)C(C(N)=S)c1ccccc1. The van der Waals surface area contributed by atoms with Crippen molar-refractivity contribution in [2.75, 3.05) is 13.1 Å². The zero-order valence-electron chi connectivity index (χ0n) is 12.1. The van der Waals surface area contributed by atoms with Gasteiger partial charge in [0.25, 0.3) is 0 Å². The van der Waals surface area contributed by atoms with Crippen LogP contribution in [0, 0.1) is 0 Å². The van der Waals surface area contributed by atoms with E-state index >= 15 is 0 Å². The van der Waals surface area contributed by atoms with Gasteiger partial charge in [-0.2, -0.15) is 0 Å². The Morgan fingerprint density at radius 1 is 1.24 bits per heavy atom. The highest BCUT2D eigenvalue weighted by molar-refractivity contribution is 7.80. The normalized spacial score (nSPS) is 11.7. The number of nitrogens with zero attached hydrogens (tertiary/aromatic N) is 1. The van der Waals surface area contributed by atoms with Crippen molar-refractivity contribution in [1.82, 2.24) is 4.90 Å². The van der Waals surface area contributed by atoms with Gasteiger partial charge in [0, 0.05) is 6.54 Å². The van der Waals surface area contributed by atoms with Crippen molar-refractivity contribution in [2.45, 2.75) is 25.7 Å². The molecule has 6 heteroatoms. The molecule has 0 radical (unpaired) electrons. The smallest absolute Gasteiger partial charge is 0.237 e. The minimum Gasteiger partial charge on any atom is -0.392 e. The lowest BCUT2D eigenvalue weighted by atomic mass is 9.97. The van der Waals surface area contributed by atoms with Crippen molar-refractivity contribution < 1.29 is 9.59 Å². The van der Waals surface area contributed by atoms with Crippen LogP contribution >= 0.6 is 12.2 Å². The predicted octanol–water partition coefficient (Wildman–Crippen LogP) is 1.17. The second-order valence-corrected chi connectivity index (χ2v) is 5.30. The largest absolute Gasteiger partial charge is 0.392 e. The van der Waals surface area contributed by atoms with Crippen LogP contribution in [-0.4, -0.2) is 34.8 Å². The summed E-state index contributed by atoms with van der Waals surface area (Å²) in [6, 6.07) is 9.08. The first-order chi connectivity index (χ1) is 9.97. The van der Waals surface area contributed by atoms with Gasteiger partial charge in [0.05, 0.1) is 11.5 Å². The Hall–Kier alpha value is -1.95. The van der Waals surface area contributed by atoms with Crippen LogP contribution in [0.4, 0.5) is 0 Å². The molecule has 0 heterocycles. The van der Waals surface area contributed by atoms with E-state index < -0.39 is 11.8 Å². The van der Waals surface area contributed by atoms with Gasteiger partial charge in [-0.05, 0) is 12.0 Å². The number of carbonyl (C=O) groups excluding carboxylic acids is 2. The molecule has 2 amide bonds. The molecule has 0 aromatic heterocycles. The fraction of sp³-hybridized carbons (Fsp3) is 0.400. The molecule has 0 bridgehead atoms. The summed E-state index contributed by atoms with van der Waals surface area (Å²) in [4.78, 5) is 25.4. The molecule has 1 aromatic carbocycles. The van der Waals surface area contributed by atoms with E-state index in [1.807, 2.05) is 25.1 Å². The first-order valence-electron chi connectivity index (χ1n) is 6.88. The zero-order valence-corrected chi connectivity index (χ0v) is 12.9. The number of carbonyl (C=O) groups is 2. The number of rotatable bonds is 8. The average Bonchev–Trinajstić information content (AvgIpc) is 2.44. The summed E-state index contributed by atoms with van der Waals surface area (Å²) in [7, 11) is 0. The van der Waals surface area contributed by atoms with E-state index in [0.717, 1.165) is 18.4 Å². The van der Waals surface area contributed by atoms with Gasteiger partial charge in [-0.15, -0.1) is 0 Å². The molecule has 1 aromatic rings. The summed E-state index contributed by atoms with van der Waals surface area (Å²) >= 11 is 5.03. The van der Waals surface area contributed by atoms with Crippen molar-refractivity contribution in [2.24, 2.45) is 11.5 Å². The highest BCUT2D eigenvalue weighted by atomic mass is 32.1. The van der Waals surface area contributed by atoms with Crippen molar-refractivity contribution in [3.05, 3.63) is 35.9 Å². The van der Waals surface area contributed by atoms with Crippen LogP contribution in [0.1, 0.15) is 31.2 Å². The van der Waals surface area contributed by atoms with E-state index in [4.69, 9.17) is 23.7 Å². The van der Waals surface area contributed by atoms with Crippen LogP contribution in [0.15, 0.2) is 30.3 Å². The number of hydrogen-bond acceptors (Lipinski definition) is 3. The predicted molar refractivity (Wildman–Crippen MR) is 86.7 cm³/mol. The number of hydrogen-bond donors (Lipinski definition) is 2. The lowest BCUT2D eigenvalue weighted by Crippen LogP contribution is -2.44. The molecular weight excluding hydrogens is 286 g/mol. The summed E-state index contributed by atoms with van der Waals surface area (Å²) in [5, 5.41) is 0. The number of nitrogens with two attached hydrogens (primary N) is 2. The molecule has 0 saturated heterocycles. The Bertz CT molecular complexity index is 505. The third-order valence-corrected chi connectivity index (χ3v) is 3.34. The van der Waals surface area contributed by atoms with Gasteiger partial charge in [-0.3, -0.25) is 9.59 Å². The maximum Gasteiger partial charge on any atom is 0.237 e. The monoisotopic (exact) mass is 307 g/mol. The number of primary amides is 1. The molecule has 0 aliphatic heterocycles. The van der Waals surface area contributed by atoms with Gasteiger partial charge in [-0.25, -0.2) is 0 Å². The van der Waals surface area contributed by atoms with Gasteiger partial charge < -0.3 is 16.4 Å². The maximum absolute atomic E-state index is 12.7. The Morgan fingerprint density at radius 2 is 1.86 bits per heavy atom. The summed E-state index contributed by atoms with van der Waals surface area (Å²) in [6.07, 6.45) is 1.70. The molecular formula is C15H21N3O2S. The van der Waals surface area contributed by atoms with Crippen LogP contribution < -0.4 is 11.5 Å². The van der Waals surface area contributed by atoms with E-state index in [2.05, 4.69) is 0 Å². The molecule has 114 valence electrons. The molecule has 0 saturated carbocycles. The average molecular weight is 307 g/mol. The van der Waals surface area contributed by atoms with Gasteiger partial charge in [0.2, 0.25) is 11.8 Å².